The van der Waals surface area contributed by atoms with Gasteiger partial charge in [0.05, 0.1) is 18.7 Å². The van der Waals surface area contributed by atoms with Crippen LogP contribution < -0.4 is 10.6 Å². The van der Waals surface area contributed by atoms with Crippen molar-refractivity contribution in [1.29, 1.82) is 0 Å². The van der Waals surface area contributed by atoms with Crippen molar-refractivity contribution >= 4 is 18.1 Å². The highest BCUT2D eigenvalue weighted by Gasteiger charge is 2.10. The molecule has 0 bridgehead atoms. The van der Waals surface area contributed by atoms with Gasteiger partial charge in [0, 0.05) is 12.2 Å². The third-order valence-corrected chi connectivity index (χ3v) is 3.96. The van der Waals surface area contributed by atoms with Gasteiger partial charge in [-0.25, -0.2) is 9.78 Å². The number of carbonyl (C=O) groups excluding carboxylic acids is 2. The van der Waals surface area contributed by atoms with Crippen LogP contribution in [-0.4, -0.2) is 43.5 Å². The fourth-order valence-corrected chi connectivity index (χ4v) is 2.62. The van der Waals surface area contributed by atoms with E-state index in [9.17, 15) is 9.59 Å². The van der Waals surface area contributed by atoms with Crippen molar-refractivity contribution in [3.63, 3.8) is 0 Å². The summed E-state index contributed by atoms with van der Waals surface area (Å²) in [5.74, 6) is 0.209. The van der Waals surface area contributed by atoms with Crippen LogP contribution in [0, 0.1) is 6.92 Å². The van der Waals surface area contributed by atoms with Gasteiger partial charge in [0.2, 0.25) is 0 Å². The predicted octanol–water partition coefficient (Wildman–Crippen LogP) is 3.74. The van der Waals surface area contributed by atoms with Crippen LogP contribution in [0.4, 0.5) is 5.82 Å². The molecule has 1 aromatic heterocycles. The summed E-state index contributed by atoms with van der Waals surface area (Å²) in [4.78, 5) is 25.6. The number of anilines is 1. The van der Waals surface area contributed by atoms with E-state index in [0.29, 0.717) is 18.0 Å². The number of pyridine rings is 1. The summed E-state index contributed by atoms with van der Waals surface area (Å²) in [6.07, 6.45) is 9.31. The number of esters is 1. The quantitative estimate of drug-likeness (QED) is 0.590. The van der Waals surface area contributed by atoms with Crippen molar-refractivity contribution < 1.29 is 14.3 Å². The molecule has 1 aromatic rings. The molecule has 148 valence electrons. The molecule has 1 saturated carbocycles. The average Bonchev–Trinajstić information content (AvgIpc) is 2.70. The fourth-order valence-electron chi connectivity index (χ4n) is 2.62. The van der Waals surface area contributed by atoms with E-state index in [1.165, 1.54) is 38.3 Å². The molecule has 0 aromatic carbocycles. The summed E-state index contributed by atoms with van der Waals surface area (Å²) >= 11 is 0. The molecule has 26 heavy (non-hydrogen) atoms. The van der Waals surface area contributed by atoms with Crippen LogP contribution >= 0.6 is 0 Å². The number of nitrogens with zero attached hydrogens (tertiary/aromatic N) is 1. The number of carbonyl (C=O) groups is 2. The van der Waals surface area contributed by atoms with Gasteiger partial charge in [-0.3, -0.25) is 0 Å². The molecule has 0 aliphatic heterocycles. The number of hydrogen-bond donors (Lipinski definition) is 2. The maximum atomic E-state index is 11.4. The molecule has 6 nitrogen and oxygen atoms in total. The highest BCUT2D eigenvalue weighted by atomic mass is 16.5. The first-order valence-corrected chi connectivity index (χ1v) is 9.60. The smallest absolute Gasteiger partial charge is 0.339 e. The molecule has 1 heterocycles. The third-order valence-electron chi connectivity index (χ3n) is 3.96. The zero-order valence-electron chi connectivity index (χ0n) is 16.9. The second-order valence-electron chi connectivity index (χ2n) is 5.78. The SMILES string of the molecule is CC.CCOC(=O)c1cnc(NCC=O)c(C)c1.CNC1CCCCC1. The summed E-state index contributed by atoms with van der Waals surface area (Å²) < 4.78 is 4.85. The highest BCUT2D eigenvalue weighted by Crippen LogP contribution is 2.16. The van der Waals surface area contributed by atoms with Crippen LogP contribution in [0.5, 0.6) is 0 Å². The Bertz CT molecular complexity index is 515. The number of aryl methyl sites for hydroxylation is 1. The van der Waals surface area contributed by atoms with E-state index in [2.05, 4.69) is 22.7 Å². The van der Waals surface area contributed by atoms with Crippen LogP contribution in [0.3, 0.4) is 0 Å². The monoisotopic (exact) mass is 365 g/mol. The number of nitrogens with one attached hydrogen (secondary N) is 2. The largest absolute Gasteiger partial charge is 0.462 e. The van der Waals surface area contributed by atoms with Crippen molar-refractivity contribution in [2.75, 3.05) is 25.5 Å². The van der Waals surface area contributed by atoms with Crippen LogP contribution in [0.2, 0.25) is 0 Å². The lowest BCUT2D eigenvalue weighted by Crippen LogP contribution is -2.26. The van der Waals surface area contributed by atoms with E-state index in [1.54, 1.807) is 13.0 Å². The number of hydrogen-bond acceptors (Lipinski definition) is 6. The van der Waals surface area contributed by atoms with E-state index >= 15 is 0 Å². The van der Waals surface area contributed by atoms with Crippen LogP contribution in [0.15, 0.2) is 12.3 Å². The average molecular weight is 366 g/mol. The molecule has 1 aliphatic carbocycles. The van der Waals surface area contributed by atoms with Crippen LogP contribution in [0.1, 0.15) is 68.8 Å². The van der Waals surface area contributed by atoms with Gasteiger partial charge in [-0.2, -0.15) is 0 Å². The lowest BCUT2D eigenvalue weighted by atomic mass is 9.96. The van der Waals surface area contributed by atoms with E-state index in [0.717, 1.165) is 17.9 Å². The van der Waals surface area contributed by atoms with Gasteiger partial charge in [-0.05, 0) is 45.4 Å². The minimum Gasteiger partial charge on any atom is -0.462 e. The minimum absolute atomic E-state index is 0.201. The molecular formula is C20H35N3O3. The normalized spacial score (nSPS) is 13.4. The van der Waals surface area contributed by atoms with Gasteiger partial charge < -0.3 is 20.2 Å². The molecule has 0 atom stereocenters. The van der Waals surface area contributed by atoms with E-state index in [-0.39, 0.29) is 12.5 Å². The number of aromatic nitrogens is 1. The minimum atomic E-state index is -0.389. The summed E-state index contributed by atoms with van der Waals surface area (Å²) in [7, 11) is 2.07. The standard InChI is InChI=1S/C11H14N2O3.C7H15N.C2H6/c1-3-16-11(15)9-6-8(2)10(13-7-9)12-4-5-14;1-8-7-5-3-2-4-6-7;1-2/h5-7H,3-4H2,1-2H3,(H,12,13);7-8H,2-6H2,1H3;1-2H3. The maximum Gasteiger partial charge on any atom is 0.339 e. The summed E-state index contributed by atoms with van der Waals surface area (Å²) in [6, 6.07) is 2.52. The van der Waals surface area contributed by atoms with Gasteiger partial charge >= 0.3 is 5.97 Å². The second-order valence-corrected chi connectivity index (χ2v) is 5.78. The summed E-state index contributed by atoms with van der Waals surface area (Å²) in [6.45, 7) is 8.09. The van der Waals surface area contributed by atoms with Crippen LogP contribution in [-0.2, 0) is 9.53 Å². The Morgan fingerprint density at radius 2 is 1.96 bits per heavy atom. The van der Waals surface area contributed by atoms with Crippen molar-refractivity contribution in [2.24, 2.45) is 0 Å². The predicted molar refractivity (Wildman–Crippen MR) is 107 cm³/mol. The first-order valence-electron chi connectivity index (χ1n) is 9.60. The molecule has 0 unspecified atom stereocenters. The van der Waals surface area contributed by atoms with E-state index in [4.69, 9.17) is 4.74 Å². The Labute approximate surface area is 158 Å². The van der Waals surface area contributed by atoms with Gasteiger partial charge in [0.15, 0.2) is 0 Å². The molecule has 0 radical (unpaired) electrons. The zero-order valence-corrected chi connectivity index (χ0v) is 16.9. The van der Waals surface area contributed by atoms with Gasteiger partial charge in [0.25, 0.3) is 0 Å². The number of ether oxygens (including phenoxy) is 1. The molecule has 1 fully saturated rings. The first kappa shape index (κ1) is 24.1. The van der Waals surface area contributed by atoms with Crippen molar-refractivity contribution in [2.45, 2.75) is 65.8 Å². The van der Waals surface area contributed by atoms with Crippen molar-refractivity contribution in [1.82, 2.24) is 10.3 Å². The Hall–Kier alpha value is -1.95. The van der Waals surface area contributed by atoms with Crippen molar-refractivity contribution in [3.05, 3.63) is 23.4 Å². The Balaban J connectivity index is 0.000000522. The first-order chi connectivity index (χ1) is 12.6. The molecule has 0 saturated heterocycles. The van der Waals surface area contributed by atoms with Gasteiger partial charge in [-0.15, -0.1) is 0 Å². The van der Waals surface area contributed by atoms with Crippen molar-refractivity contribution in [3.8, 4) is 0 Å². The summed E-state index contributed by atoms with van der Waals surface area (Å²) in [5.41, 5.74) is 1.21. The van der Waals surface area contributed by atoms with Gasteiger partial charge in [-0.1, -0.05) is 33.1 Å². The lowest BCUT2D eigenvalue weighted by molar-refractivity contribution is -0.106. The van der Waals surface area contributed by atoms with E-state index in [1.807, 2.05) is 20.8 Å². The third kappa shape index (κ3) is 9.51. The Morgan fingerprint density at radius 3 is 2.42 bits per heavy atom. The fraction of sp³-hybridized carbons (Fsp3) is 0.650. The second kappa shape index (κ2) is 15.3. The van der Waals surface area contributed by atoms with Gasteiger partial charge in [0.1, 0.15) is 12.1 Å². The topological polar surface area (TPSA) is 80.3 Å². The molecule has 0 spiro atoms. The Kier molecular flexibility index (Phi) is 14.2. The molecule has 0 amide bonds. The molecule has 2 N–H and O–H groups in total. The molecule has 1 aliphatic rings. The molecule has 6 heteroatoms. The zero-order chi connectivity index (χ0) is 19.8. The van der Waals surface area contributed by atoms with E-state index < -0.39 is 0 Å². The Morgan fingerprint density at radius 1 is 1.31 bits per heavy atom. The van der Waals surface area contributed by atoms with Crippen LogP contribution in [0.25, 0.3) is 0 Å². The molecule has 2 rings (SSSR count). The lowest BCUT2D eigenvalue weighted by Gasteiger charge is -2.20. The maximum absolute atomic E-state index is 11.4. The number of rotatable bonds is 6. The molecular weight excluding hydrogens is 330 g/mol. The summed E-state index contributed by atoms with van der Waals surface area (Å²) in [5, 5.41) is 6.13. The number of aldehydes is 1. The highest BCUT2D eigenvalue weighted by molar-refractivity contribution is 5.89.